The Labute approximate surface area is 110 Å². The molecule has 0 fully saturated rings. The van der Waals surface area contributed by atoms with Crippen molar-refractivity contribution in [3.8, 4) is 5.75 Å². The van der Waals surface area contributed by atoms with E-state index in [1.165, 1.54) is 0 Å². The van der Waals surface area contributed by atoms with Gasteiger partial charge in [-0.05, 0) is 6.07 Å². The normalized spacial score (nSPS) is 13.8. The number of para-hydroxylation sites is 1. The van der Waals surface area contributed by atoms with Crippen molar-refractivity contribution in [2.75, 3.05) is 12.4 Å². The zero-order chi connectivity index (χ0) is 13.5. The smallest absolute Gasteiger partial charge is 0.271 e. The molecule has 7 heteroatoms. The summed E-state index contributed by atoms with van der Waals surface area (Å²) < 4.78 is 5.22. The second-order valence-electron chi connectivity index (χ2n) is 3.59. The van der Waals surface area contributed by atoms with Crippen molar-refractivity contribution in [1.29, 1.82) is 0 Å². The third kappa shape index (κ3) is 3.88. The molecule has 1 aromatic carbocycles. The molecule has 0 aliphatic carbocycles. The maximum atomic E-state index is 11.0. The van der Waals surface area contributed by atoms with Gasteiger partial charge in [-0.2, -0.15) is 12.6 Å². The number of carbonyl (C=O) groups excluding carboxylic acids is 1. The van der Waals surface area contributed by atoms with Crippen LogP contribution >= 0.6 is 12.6 Å². The number of carbonyl (C=O) groups is 1. The molecule has 0 heterocycles. The fourth-order valence-corrected chi connectivity index (χ4v) is 1.55. The maximum Gasteiger partial charge on any atom is 0.271 e. The molecular weight excluding hydrogens is 256 g/mol. The fourth-order valence-electron chi connectivity index (χ4n) is 1.35. The van der Waals surface area contributed by atoms with Crippen molar-refractivity contribution >= 4 is 18.5 Å². The Kier molecular flexibility index (Phi) is 5.93. The van der Waals surface area contributed by atoms with Gasteiger partial charge in [-0.3, -0.25) is 10.2 Å². The molecule has 0 aliphatic rings. The van der Waals surface area contributed by atoms with E-state index < -0.39 is 18.1 Å². The first-order valence-electron chi connectivity index (χ1n) is 5.28. The van der Waals surface area contributed by atoms with Crippen molar-refractivity contribution in [2.45, 2.75) is 12.2 Å². The van der Waals surface area contributed by atoms with Gasteiger partial charge in [-0.25, -0.2) is 5.84 Å². The lowest BCUT2D eigenvalue weighted by Crippen LogP contribution is -2.34. The zero-order valence-corrected chi connectivity index (χ0v) is 10.5. The van der Waals surface area contributed by atoms with Crippen molar-refractivity contribution in [3.05, 3.63) is 29.8 Å². The minimum Gasteiger partial charge on any atom is -0.483 e. The molecule has 1 aromatic rings. The van der Waals surface area contributed by atoms with Crippen molar-refractivity contribution in [1.82, 2.24) is 5.43 Å². The van der Waals surface area contributed by atoms with E-state index >= 15 is 0 Å². The van der Waals surface area contributed by atoms with Gasteiger partial charge in [0, 0.05) is 11.3 Å². The van der Waals surface area contributed by atoms with Gasteiger partial charge in [0.25, 0.3) is 5.91 Å². The highest BCUT2D eigenvalue weighted by Crippen LogP contribution is 2.27. The second-order valence-corrected chi connectivity index (χ2v) is 3.95. The molecule has 0 aromatic heterocycles. The van der Waals surface area contributed by atoms with E-state index in [9.17, 15) is 15.0 Å². The van der Waals surface area contributed by atoms with Gasteiger partial charge in [0.05, 0.1) is 6.10 Å². The number of benzene rings is 1. The molecule has 0 saturated heterocycles. The van der Waals surface area contributed by atoms with E-state index in [0.717, 1.165) is 0 Å². The van der Waals surface area contributed by atoms with Gasteiger partial charge in [0.2, 0.25) is 0 Å². The number of aliphatic hydroxyl groups is 2. The summed E-state index contributed by atoms with van der Waals surface area (Å²) in [6.45, 7) is -0.267. The van der Waals surface area contributed by atoms with E-state index in [2.05, 4.69) is 12.6 Å². The van der Waals surface area contributed by atoms with Gasteiger partial charge >= 0.3 is 0 Å². The van der Waals surface area contributed by atoms with E-state index in [4.69, 9.17) is 10.6 Å². The first-order valence-corrected chi connectivity index (χ1v) is 5.91. The molecule has 0 spiro atoms. The van der Waals surface area contributed by atoms with Gasteiger partial charge in [0.1, 0.15) is 11.9 Å². The zero-order valence-electron chi connectivity index (χ0n) is 9.61. The van der Waals surface area contributed by atoms with Gasteiger partial charge < -0.3 is 14.9 Å². The highest BCUT2D eigenvalue weighted by atomic mass is 32.1. The predicted octanol–water partition coefficient (Wildman–Crippen LogP) is -0.621. The van der Waals surface area contributed by atoms with Crippen LogP contribution in [0.1, 0.15) is 11.7 Å². The van der Waals surface area contributed by atoms with Crippen molar-refractivity contribution < 1.29 is 19.7 Å². The number of thiol groups is 1. The number of nitrogens with two attached hydrogens (primary N) is 1. The van der Waals surface area contributed by atoms with Crippen LogP contribution < -0.4 is 16.0 Å². The summed E-state index contributed by atoms with van der Waals surface area (Å²) in [5.41, 5.74) is 2.32. The van der Waals surface area contributed by atoms with Crippen LogP contribution in [-0.4, -0.2) is 34.6 Å². The molecule has 2 atom stereocenters. The molecule has 5 N–H and O–H groups in total. The molecule has 0 aliphatic heterocycles. The third-order valence-electron chi connectivity index (χ3n) is 2.31. The molecule has 1 amide bonds. The molecule has 18 heavy (non-hydrogen) atoms. The van der Waals surface area contributed by atoms with E-state index in [0.29, 0.717) is 11.3 Å². The number of hydrazine groups is 1. The lowest BCUT2D eigenvalue weighted by atomic mass is 10.0. The number of aliphatic hydroxyl groups excluding tert-OH is 2. The topological polar surface area (TPSA) is 105 Å². The minimum absolute atomic E-state index is 0.110. The predicted molar refractivity (Wildman–Crippen MR) is 69.1 cm³/mol. The Morgan fingerprint density at radius 3 is 2.72 bits per heavy atom. The van der Waals surface area contributed by atoms with Crippen LogP contribution in [0.2, 0.25) is 0 Å². The molecule has 100 valence electrons. The first-order chi connectivity index (χ1) is 8.60. The van der Waals surface area contributed by atoms with Crippen molar-refractivity contribution in [2.24, 2.45) is 5.84 Å². The first kappa shape index (κ1) is 14.8. The Morgan fingerprint density at radius 1 is 1.44 bits per heavy atom. The van der Waals surface area contributed by atoms with Crippen LogP contribution in [0.5, 0.6) is 5.75 Å². The fraction of sp³-hybridized carbons (Fsp3) is 0.364. The number of amides is 1. The Bertz CT molecular complexity index is 402. The number of hydrogen-bond acceptors (Lipinski definition) is 6. The SMILES string of the molecule is NNC(=O)COc1ccccc1C(O)C(O)CS. The van der Waals surface area contributed by atoms with Gasteiger partial charge in [-0.1, -0.05) is 18.2 Å². The summed E-state index contributed by atoms with van der Waals surface area (Å²) >= 11 is 3.91. The Hall–Kier alpha value is -1.28. The van der Waals surface area contributed by atoms with E-state index in [-0.39, 0.29) is 12.4 Å². The van der Waals surface area contributed by atoms with Crippen LogP contribution in [-0.2, 0) is 4.79 Å². The standard InChI is InChI=1S/C11H16N2O4S/c12-13-10(15)5-17-9-4-2-1-3-7(9)11(16)8(14)6-18/h1-4,8,11,14,16,18H,5-6,12H2,(H,13,15). The van der Waals surface area contributed by atoms with Crippen LogP contribution in [0, 0.1) is 0 Å². The maximum absolute atomic E-state index is 11.0. The molecular formula is C11H16N2O4S. The average Bonchev–Trinajstić information content (AvgIpc) is 2.43. The number of hydrogen-bond donors (Lipinski definition) is 5. The van der Waals surface area contributed by atoms with Gasteiger partial charge in [-0.15, -0.1) is 0 Å². The second kappa shape index (κ2) is 7.22. The summed E-state index contributed by atoms with van der Waals surface area (Å²) in [4.78, 5) is 11.0. The molecule has 6 nitrogen and oxygen atoms in total. The summed E-state index contributed by atoms with van der Waals surface area (Å²) in [6, 6.07) is 6.58. The average molecular weight is 272 g/mol. The molecule has 0 saturated carbocycles. The molecule has 2 unspecified atom stereocenters. The van der Waals surface area contributed by atoms with Crippen molar-refractivity contribution in [3.63, 3.8) is 0 Å². The van der Waals surface area contributed by atoms with E-state index in [1.807, 2.05) is 5.43 Å². The van der Waals surface area contributed by atoms with Gasteiger partial charge in [0.15, 0.2) is 6.61 Å². The number of nitrogens with one attached hydrogen (secondary N) is 1. The molecule has 1 rings (SSSR count). The quantitative estimate of drug-likeness (QED) is 0.205. The lowest BCUT2D eigenvalue weighted by molar-refractivity contribution is -0.123. The third-order valence-corrected chi connectivity index (χ3v) is 2.68. The van der Waals surface area contributed by atoms with Crippen LogP contribution in [0.4, 0.5) is 0 Å². The summed E-state index contributed by atoms with van der Waals surface area (Å²) in [7, 11) is 0. The van der Waals surface area contributed by atoms with Crippen LogP contribution in [0.25, 0.3) is 0 Å². The molecule has 0 radical (unpaired) electrons. The van der Waals surface area contributed by atoms with Crippen LogP contribution in [0.3, 0.4) is 0 Å². The summed E-state index contributed by atoms with van der Waals surface area (Å²) in [6.07, 6.45) is -2.14. The van der Waals surface area contributed by atoms with Crippen LogP contribution in [0.15, 0.2) is 24.3 Å². The minimum atomic E-state index is -1.13. The lowest BCUT2D eigenvalue weighted by Gasteiger charge is -2.19. The number of ether oxygens (including phenoxy) is 1. The van der Waals surface area contributed by atoms with E-state index in [1.54, 1.807) is 24.3 Å². The molecule has 0 bridgehead atoms. The summed E-state index contributed by atoms with van der Waals surface area (Å²) in [5.74, 6) is 4.86. The number of rotatable bonds is 6. The monoisotopic (exact) mass is 272 g/mol. The Balaban J connectivity index is 2.82. The summed E-state index contributed by atoms with van der Waals surface area (Å²) in [5, 5.41) is 19.4. The highest BCUT2D eigenvalue weighted by molar-refractivity contribution is 7.80. The highest BCUT2D eigenvalue weighted by Gasteiger charge is 2.20. The largest absolute Gasteiger partial charge is 0.483 e. The Morgan fingerprint density at radius 2 is 2.11 bits per heavy atom.